The first-order valence-corrected chi connectivity index (χ1v) is 19.5. The van der Waals surface area contributed by atoms with Gasteiger partial charge in [-0.3, -0.25) is 9.97 Å². The van der Waals surface area contributed by atoms with Gasteiger partial charge in [0.1, 0.15) is 10.0 Å². The fourth-order valence-corrected chi connectivity index (χ4v) is 8.63. The van der Waals surface area contributed by atoms with E-state index in [2.05, 4.69) is 156 Å². The first-order chi connectivity index (χ1) is 26.8. The third kappa shape index (κ3) is 5.88. The van der Waals surface area contributed by atoms with E-state index in [1.54, 1.807) is 22.7 Å². The number of aromatic nitrogens is 4. The molecule has 0 aliphatic carbocycles. The monoisotopic (exact) mass is 726 g/mol. The standard InChI is InChI=1S/C48H30N4S2/c1-3-9-31(10-4-1)36-25-37(32-11-5-2-6-12-32)27-38(26-36)33-15-18-41-42(28-33)46(35-17-20-44(52-30-35)48-50-22-24-54-48)40-14-8-7-13-39(40)45(41)34-16-19-43(51-29-34)47-49-21-23-53-47/h1-30H. The van der Waals surface area contributed by atoms with Crippen molar-refractivity contribution in [2.75, 3.05) is 0 Å². The molecular formula is C48H30N4S2. The number of fused-ring (bicyclic) bond motifs is 2. The predicted molar refractivity (Wildman–Crippen MR) is 226 cm³/mol. The molecule has 0 N–H and O–H groups in total. The van der Waals surface area contributed by atoms with Crippen LogP contribution < -0.4 is 0 Å². The summed E-state index contributed by atoms with van der Waals surface area (Å²) in [7, 11) is 0. The Hall–Kier alpha value is -6.60. The zero-order valence-corrected chi connectivity index (χ0v) is 30.6. The van der Waals surface area contributed by atoms with Crippen LogP contribution in [0.3, 0.4) is 0 Å². The molecular weight excluding hydrogens is 697 g/mol. The van der Waals surface area contributed by atoms with Crippen LogP contribution in [0.4, 0.5) is 0 Å². The number of thiazole rings is 2. The van der Waals surface area contributed by atoms with E-state index in [1.165, 1.54) is 22.3 Å². The summed E-state index contributed by atoms with van der Waals surface area (Å²) in [6, 6.07) is 52.4. The quantitative estimate of drug-likeness (QED) is 0.153. The molecule has 54 heavy (non-hydrogen) atoms. The Balaban J connectivity index is 1.23. The fourth-order valence-electron chi connectivity index (χ4n) is 7.41. The smallest absolute Gasteiger partial charge is 0.141 e. The SMILES string of the molecule is c1ccc(-c2cc(-c3ccccc3)cc(-c3ccc4c(-c5ccc(-c6nccs6)nc5)c5ccccc5c(-c5ccc(-c6nccs6)nc5)c4c3)c2)cc1. The van der Waals surface area contributed by atoms with E-state index in [9.17, 15) is 0 Å². The minimum atomic E-state index is 0.872. The molecule has 0 radical (unpaired) electrons. The highest BCUT2D eigenvalue weighted by Crippen LogP contribution is 2.45. The van der Waals surface area contributed by atoms with Crippen molar-refractivity contribution >= 4 is 44.2 Å². The molecule has 4 aromatic heterocycles. The Morgan fingerprint density at radius 1 is 0.315 bits per heavy atom. The van der Waals surface area contributed by atoms with Gasteiger partial charge in [-0.2, -0.15) is 0 Å². The third-order valence-electron chi connectivity index (χ3n) is 9.91. The number of rotatable bonds is 7. The van der Waals surface area contributed by atoms with Crippen molar-refractivity contribution in [3.63, 3.8) is 0 Å². The van der Waals surface area contributed by atoms with Crippen LogP contribution in [-0.4, -0.2) is 19.9 Å². The van der Waals surface area contributed by atoms with Crippen LogP contribution in [0.15, 0.2) is 181 Å². The lowest BCUT2D eigenvalue weighted by atomic mass is 9.85. The lowest BCUT2D eigenvalue weighted by Gasteiger charge is -2.19. The van der Waals surface area contributed by atoms with Gasteiger partial charge in [-0.25, -0.2) is 9.97 Å². The predicted octanol–water partition coefficient (Wildman–Crippen LogP) is 13.4. The molecule has 6 aromatic carbocycles. The van der Waals surface area contributed by atoms with Gasteiger partial charge in [0.2, 0.25) is 0 Å². The zero-order chi connectivity index (χ0) is 35.8. The molecule has 4 heterocycles. The van der Waals surface area contributed by atoms with Crippen LogP contribution in [0.25, 0.3) is 98.6 Å². The number of pyridine rings is 2. The topological polar surface area (TPSA) is 51.6 Å². The van der Waals surface area contributed by atoms with Gasteiger partial charge in [0.25, 0.3) is 0 Å². The van der Waals surface area contributed by atoms with Crippen molar-refractivity contribution in [1.29, 1.82) is 0 Å². The maximum Gasteiger partial charge on any atom is 0.141 e. The van der Waals surface area contributed by atoms with Crippen LogP contribution in [0, 0.1) is 0 Å². The highest BCUT2D eigenvalue weighted by Gasteiger charge is 2.19. The van der Waals surface area contributed by atoms with Crippen LogP contribution >= 0.6 is 22.7 Å². The molecule has 0 aliphatic rings. The number of hydrogen-bond acceptors (Lipinski definition) is 6. The molecule has 0 aliphatic heterocycles. The van der Waals surface area contributed by atoms with Crippen molar-refractivity contribution in [2.24, 2.45) is 0 Å². The molecule has 6 heteroatoms. The number of benzene rings is 6. The second-order valence-electron chi connectivity index (χ2n) is 13.1. The summed E-state index contributed by atoms with van der Waals surface area (Å²) in [4.78, 5) is 18.8. The van der Waals surface area contributed by atoms with Gasteiger partial charge in [-0.1, -0.05) is 109 Å². The molecule has 0 bridgehead atoms. The van der Waals surface area contributed by atoms with Gasteiger partial charge < -0.3 is 0 Å². The van der Waals surface area contributed by atoms with E-state index in [0.29, 0.717) is 0 Å². The lowest BCUT2D eigenvalue weighted by Crippen LogP contribution is -1.94. The lowest BCUT2D eigenvalue weighted by molar-refractivity contribution is 1.29. The summed E-state index contributed by atoms with van der Waals surface area (Å²) >= 11 is 3.20. The minimum Gasteiger partial charge on any atom is -0.253 e. The van der Waals surface area contributed by atoms with E-state index >= 15 is 0 Å². The summed E-state index contributed by atoms with van der Waals surface area (Å²) in [5.74, 6) is 0. The summed E-state index contributed by atoms with van der Waals surface area (Å²) in [6.45, 7) is 0. The molecule has 0 atom stereocenters. The third-order valence-corrected chi connectivity index (χ3v) is 11.5. The summed E-state index contributed by atoms with van der Waals surface area (Å²) in [5, 5.41) is 10.4. The van der Waals surface area contributed by atoms with Crippen molar-refractivity contribution in [3.8, 4) is 77.0 Å². The average molecular weight is 727 g/mol. The van der Waals surface area contributed by atoms with E-state index in [1.807, 2.05) is 35.5 Å². The maximum atomic E-state index is 4.93. The van der Waals surface area contributed by atoms with Gasteiger partial charge in [0.05, 0.1) is 11.4 Å². The number of nitrogens with zero attached hydrogens (tertiary/aromatic N) is 4. The number of hydrogen-bond donors (Lipinski definition) is 0. The van der Waals surface area contributed by atoms with Gasteiger partial charge in [-0.15, -0.1) is 22.7 Å². The molecule has 10 aromatic rings. The molecule has 0 amide bonds. The summed E-state index contributed by atoms with van der Waals surface area (Å²) < 4.78 is 0. The molecule has 0 spiro atoms. The second-order valence-corrected chi connectivity index (χ2v) is 14.9. The van der Waals surface area contributed by atoms with Gasteiger partial charge in [-0.05, 0) is 102 Å². The van der Waals surface area contributed by atoms with Crippen LogP contribution in [0.1, 0.15) is 0 Å². The Morgan fingerprint density at radius 2 is 0.759 bits per heavy atom. The normalized spacial score (nSPS) is 11.3. The Bertz CT molecular complexity index is 2830. The maximum absolute atomic E-state index is 4.93. The van der Waals surface area contributed by atoms with E-state index in [-0.39, 0.29) is 0 Å². The van der Waals surface area contributed by atoms with Crippen LogP contribution in [0.5, 0.6) is 0 Å². The second kappa shape index (κ2) is 13.7. The van der Waals surface area contributed by atoms with E-state index in [0.717, 1.165) is 76.3 Å². The van der Waals surface area contributed by atoms with Crippen molar-refractivity contribution in [2.45, 2.75) is 0 Å². The summed E-state index contributed by atoms with van der Waals surface area (Å²) in [5.41, 5.74) is 13.2. The molecule has 0 fully saturated rings. The first kappa shape index (κ1) is 32.1. The molecule has 0 unspecified atom stereocenters. The molecule has 0 saturated heterocycles. The highest BCUT2D eigenvalue weighted by molar-refractivity contribution is 7.13. The van der Waals surface area contributed by atoms with Crippen molar-refractivity contribution < 1.29 is 0 Å². The van der Waals surface area contributed by atoms with Crippen molar-refractivity contribution in [3.05, 3.63) is 181 Å². The minimum absolute atomic E-state index is 0.872. The van der Waals surface area contributed by atoms with Crippen LogP contribution in [0.2, 0.25) is 0 Å². The first-order valence-electron chi connectivity index (χ1n) is 17.7. The van der Waals surface area contributed by atoms with Gasteiger partial charge in [0, 0.05) is 46.7 Å². The van der Waals surface area contributed by atoms with E-state index < -0.39 is 0 Å². The van der Waals surface area contributed by atoms with Crippen molar-refractivity contribution in [1.82, 2.24) is 19.9 Å². The average Bonchev–Trinajstić information content (AvgIpc) is 4.00. The van der Waals surface area contributed by atoms with E-state index in [4.69, 9.17) is 9.97 Å². The zero-order valence-electron chi connectivity index (χ0n) is 28.9. The van der Waals surface area contributed by atoms with Gasteiger partial charge in [0.15, 0.2) is 0 Å². The molecule has 0 saturated carbocycles. The Morgan fingerprint density at radius 3 is 1.22 bits per heavy atom. The summed E-state index contributed by atoms with van der Waals surface area (Å²) in [6.07, 6.45) is 7.64. The largest absolute Gasteiger partial charge is 0.253 e. The highest BCUT2D eigenvalue weighted by atomic mass is 32.1. The fraction of sp³-hybridized carbons (Fsp3) is 0. The molecule has 4 nitrogen and oxygen atoms in total. The van der Waals surface area contributed by atoms with Crippen LogP contribution in [-0.2, 0) is 0 Å². The Kier molecular flexibility index (Phi) is 8.17. The molecule has 254 valence electrons. The Labute approximate surface area is 320 Å². The molecule has 10 rings (SSSR count). The van der Waals surface area contributed by atoms with Gasteiger partial charge >= 0.3 is 0 Å².